The van der Waals surface area contributed by atoms with Gasteiger partial charge in [0, 0.05) is 29.9 Å². The van der Waals surface area contributed by atoms with E-state index in [4.69, 9.17) is 11.6 Å². The summed E-state index contributed by atoms with van der Waals surface area (Å²) in [5, 5.41) is 6.99. The summed E-state index contributed by atoms with van der Waals surface area (Å²) in [6.07, 6.45) is 0. The summed E-state index contributed by atoms with van der Waals surface area (Å²) in [5.41, 5.74) is 3.50. The molecule has 3 aromatic rings. The second-order valence-electron chi connectivity index (χ2n) is 6.72. The Hall–Kier alpha value is -3.12. The first-order chi connectivity index (χ1) is 13.5. The highest BCUT2D eigenvalue weighted by molar-refractivity contribution is 6.33. The second kappa shape index (κ2) is 7.48. The number of nitrogens with one attached hydrogen (secondary N) is 2. The highest BCUT2D eigenvalue weighted by atomic mass is 35.5. The van der Waals surface area contributed by atoms with Gasteiger partial charge in [-0.15, -0.1) is 0 Å². The number of carbonyl (C=O) groups is 2. The van der Waals surface area contributed by atoms with Crippen LogP contribution in [-0.2, 0) is 4.79 Å². The van der Waals surface area contributed by atoms with E-state index in [1.807, 2.05) is 42.2 Å². The number of anilines is 2. The zero-order valence-corrected chi connectivity index (χ0v) is 16.1. The molecule has 1 aromatic heterocycles. The van der Waals surface area contributed by atoms with Crippen LogP contribution in [0.3, 0.4) is 0 Å². The van der Waals surface area contributed by atoms with Gasteiger partial charge in [0.25, 0.3) is 5.91 Å². The molecule has 142 valence electrons. The second-order valence-corrected chi connectivity index (χ2v) is 7.13. The number of amides is 2. The number of aromatic nitrogens is 1. The van der Waals surface area contributed by atoms with Gasteiger partial charge in [0.1, 0.15) is 0 Å². The number of halogens is 1. The highest BCUT2D eigenvalue weighted by Gasteiger charge is 2.19. The molecule has 2 N–H and O–H groups in total. The Morgan fingerprint density at radius 3 is 2.82 bits per heavy atom. The average molecular weight is 395 g/mol. The van der Waals surface area contributed by atoms with Crippen LogP contribution in [-0.4, -0.2) is 36.4 Å². The first-order valence-corrected chi connectivity index (χ1v) is 9.38. The molecule has 1 aliphatic rings. The summed E-state index contributed by atoms with van der Waals surface area (Å²) in [6.45, 7) is 3.42. The fourth-order valence-corrected chi connectivity index (χ4v) is 3.68. The molecule has 0 unspecified atom stereocenters. The van der Waals surface area contributed by atoms with Gasteiger partial charge < -0.3 is 15.5 Å². The molecule has 0 aliphatic carbocycles. The van der Waals surface area contributed by atoms with E-state index in [0.29, 0.717) is 29.4 Å². The van der Waals surface area contributed by atoms with Gasteiger partial charge in [-0.1, -0.05) is 29.8 Å². The standard InChI is InChI=1S/C21H19ClN4O2/c1-13-10-16(15-4-2-3-5-18(15)24-13)21(28)25-14-6-7-19(17(22)11-14)26-9-8-23-20(27)12-26/h2-7,10-11H,8-9,12H2,1H3,(H,23,27)(H,25,28). The number of rotatable bonds is 3. The molecular formula is C21H19ClN4O2. The zero-order valence-electron chi connectivity index (χ0n) is 15.3. The Morgan fingerprint density at radius 2 is 2.04 bits per heavy atom. The van der Waals surface area contributed by atoms with Gasteiger partial charge in [0.15, 0.2) is 0 Å². The average Bonchev–Trinajstić information content (AvgIpc) is 2.67. The number of pyridine rings is 1. The largest absolute Gasteiger partial charge is 0.359 e. The van der Waals surface area contributed by atoms with Crippen LogP contribution in [0.15, 0.2) is 48.5 Å². The van der Waals surface area contributed by atoms with Crippen molar-refractivity contribution in [2.75, 3.05) is 29.9 Å². The number of benzene rings is 2. The molecule has 1 aliphatic heterocycles. The van der Waals surface area contributed by atoms with Crippen molar-refractivity contribution in [2.45, 2.75) is 6.92 Å². The Bertz CT molecular complexity index is 1080. The minimum Gasteiger partial charge on any atom is -0.359 e. The third kappa shape index (κ3) is 3.64. The van der Waals surface area contributed by atoms with Crippen molar-refractivity contribution in [3.63, 3.8) is 0 Å². The number of carbonyl (C=O) groups excluding carboxylic acids is 2. The van der Waals surface area contributed by atoms with Crippen molar-refractivity contribution in [2.24, 2.45) is 0 Å². The SMILES string of the molecule is Cc1cc(C(=O)Nc2ccc(N3CCNC(=O)C3)c(Cl)c2)c2ccccc2n1. The molecule has 7 heteroatoms. The van der Waals surface area contributed by atoms with Gasteiger partial charge in [-0.05, 0) is 37.3 Å². The molecular weight excluding hydrogens is 376 g/mol. The Kier molecular flexibility index (Phi) is 4.88. The van der Waals surface area contributed by atoms with Gasteiger partial charge in [-0.2, -0.15) is 0 Å². The predicted molar refractivity (Wildman–Crippen MR) is 111 cm³/mol. The first kappa shape index (κ1) is 18.3. The molecule has 0 saturated carbocycles. The van der Waals surface area contributed by atoms with Crippen molar-refractivity contribution >= 4 is 45.7 Å². The van der Waals surface area contributed by atoms with E-state index in [1.165, 1.54) is 0 Å². The van der Waals surface area contributed by atoms with Gasteiger partial charge in [0.05, 0.1) is 28.3 Å². The number of piperazine rings is 1. The van der Waals surface area contributed by atoms with E-state index in [2.05, 4.69) is 15.6 Å². The van der Waals surface area contributed by atoms with E-state index in [-0.39, 0.29) is 18.4 Å². The van der Waals surface area contributed by atoms with E-state index in [0.717, 1.165) is 22.3 Å². The molecule has 0 atom stereocenters. The molecule has 1 fully saturated rings. The van der Waals surface area contributed by atoms with Crippen molar-refractivity contribution < 1.29 is 9.59 Å². The number of hydrogen-bond acceptors (Lipinski definition) is 4. The molecule has 6 nitrogen and oxygen atoms in total. The molecule has 0 bridgehead atoms. The Balaban J connectivity index is 1.59. The highest BCUT2D eigenvalue weighted by Crippen LogP contribution is 2.30. The van der Waals surface area contributed by atoms with Crippen LogP contribution in [0, 0.1) is 6.92 Å². The van der Waals surface area contributed by atoms with Crippen LogP contribution in [0.5, 0.6) is 0 Å². The van der Waals surface area contributed by atoms with Gasteiger partial charge >= 0.3 is 0 Å². The van der Waals surface area contributed by atoms with E-state index in [1.54, 1.807) is 18.2 Å². The monoisotopic (exact) mass is 394 g/mol. The molecule has 2 heterocycles. The third-order valence-corrected chi connectivity index (χ3v) is 4.98. The molecule has 28 heavy (non-hydrogen) atoms. The minimum atomic E-state index is -0.220. The smallest absolute Gasteiger partial charge is 0.256 e. The quantitative estimate of drug-likeness (QED) is 0.714. The minimum absolute atomic E-state index is 0.0281. The van der Waals surface area contributed by atoms with Crippen LogP contribution >= 0.6 is 11.6 Å². The van der Waals surface area contributed by atoms with Gasteiger partial charge in [0.2, 0.25) is 5.91 Å². The van der Waals surface area contributed by atoms with E-state index in [9.17, 15) is 9.59 Å². The van der Waals surface area contributed by atoms with Crippen molar-refractivity contribution in [1.29, 1.82) is 0 Å². The van der Waals surface area contributed by atoms with Crippen LogP contribution in [0.25, 0.3) is 10.9 Å². The lowest BCUT2D eigenvalue weighted by Gasteiger charge is -2.29. The summed E-state index contributed by atoms with van der Waals surface area (Å²) in [6, 6.07) is 14.7. The number of aryl methyl sites for hydroxylation is 1. The van der Waals surface area contributed by atoms with Crippen LogP contribution < -0.4 is 15.5 Å². The van der Waals surface area contributed by atoms with E-state index >= 15 is 0 Å². The van der Waals surface area contributed by atoms with Crippen LogP contribution in [0.2, 0.25) is 5.02 Å². The van der Waals surface area contributed by atoms with Crippen LogP contribution in [0.1, 0.15) is 16.1 Å². The Labute approximate surface area is 167 Å². The molecule has 0 radical (unpaired) electrons. The lowest BCUT2D eigenvalue weighted by atomic mass is 10.1. The fraction of sp³-hybridized carbons (Fsp3) is 0.190. The van der Waals surface area contributed by atoms with Crippen LogP contribution in [0.4, 0.5) is 11.4 Å². The summed E-state index contributed by atoms with van der Waals surface area (Å²) >= 11 is 6.43. The predicted octanol–water partition coefficient (Wildman–Crippen LogP) is 3.39. The van der Waals surface area contributed by atoms with Gasteiger partial charge in [-0.3, -0.25) is 14.6 Å². The first-order valence-electron chi connectivity index (χ1n) is 9.00. The normalized spacial score (nSPS) is 14.1. The number of nitrogens with zero attached hydrogens (tertiary/aromatic N) is 2. The maximum Gasteiger partial charge on any atom is 0.256 e. The lowest BCUT2D eigenvalue weighted by molar-refractivity contribution is -0.120. The summed E-state index contributed by atoms with van der Waals surface area (Å²) in [7, 11) is 0. The van der Waals surface area contributed by atoms with E-state index < -0.39 is 0 Å². The lowest BCUT2D eigenvalue weighted by Crippen LogP contribution is -2.47. The number of hydrogen-bond donors (Lipinski definition) is 2. The molecule has 4 rings (SSSR count). The number of para-hydroxylation sites is 1. The molecule has 1 saturated heterocycles. The van der Waals surface area contributed by atoms with Crippen molar-refractivity contribution in [3.05, 3.63) is 64.8 Å². The fourth-order valence-electron chi connectivity index (χ4n) is 3.38. The summed E-state index contributed by atoms with van der Waals surface area (Å²) < 4.78 is 0. The molecule has 0 spiro atoms. The Morgan fingerprint density at radius 1 is 1.21 bits per heavy atom. The third-order valence-electron chi connectivity index (χ3n) is 4.67. The van der Waals surface area contributed by atoms with Crippen molar-refractivity contribution in [1.82, 2.24) is 10.3 Å². The maximum absolute atomic E-state index is 12.9. The number of fused-ring (bicyclic) bond motifs is 1. The zero-order chi connectivity index (χ0) is 19.7. The van der Waals surface area contributed by atoms with Gasteiger partial charge in [-0.25, -0.2) is 0 Å². The summed E-state index contributed by atoms with van der Waals surface area (Å²) in [5.74, 6) is -0.248. The molecule has 2 aromatic carbocycles. The maximum atomic E-state index is 12.9. The topological polar surface area (TPSA) is 74.3 Å². The summed E-state index contributed by atoms with van der Waals surface area (Å²) in [4.78, 5) is 30.9. The molecule has 2 amide bonds. The van der Waals surface area contributed by atoms with Crippen molar-refractivity contribution in [3.8, 4) is 0 Å².